The highest BCUT2D eigenvalue weighted by Crippen LogP contribution is 2.14. The van der Waals surface area contributed by atoms with Crippen LogP contribution in [0.2, 0.25) is 0 Å². The summed E-state index contributed by atoms with van der Waals surface area (Å²) < 4.78 is 29.9. The first-order chi connectivity index (χ1) is 10.4. The van der Waals surface area contributed by atoms with Gasteiger partial charge in [0.15, 0.2) is 0 Å². The van der Waals surface area contributed by atoms with Gasteiger partial charge < -0.3 is 4.74 Å². The molecule has 0 fully saturated rings. The number of hydrogen-bond acceptors (Lipinski definition) is 4. The maximum absolute atomic E-state index is 11.9. The van der Waals surface area contributed by atoms with Crippen molar-refractivity contribution < 1.29 is 17.9 Å². The molecule has 0 aromatic heterocycles. The molecule has 0 N–H and O–H groups in total. The fourth-order valence-corrected chi connectivity index (χ4v) is 2.42. The molecule has 0 unspecified atom stereocenters. The van der Waals surface area contributed by atoms with E-state index >= 15 is 0 Å². The van der Waals surface area contributed by atoms with Gasteiger partial charge >= 0.3 is 5.97 Å². The molecule has 1 aromatic carbocycles. The van der Waals surface area contributed by atoms with Crippen molar-refractivity contribution in [3.63, 3.8) is 0 Å². The zero-order valence-electron chi connectivity index (χ0n) is 12.7. The van der Waals surface area contributed by atoms with Crippen molar-refractivity contribution in [1.29, 1.82) is 0 Å². The average molecular weight is 321 g/mol. The van der Waals surface area contributed by atoms with Gasteiger partial charge in [0.2, 0.25) is 10.0 Å². The van der Waals surface area contributed by atoms with Gasteiger partial charge in [-0.3, -0.25) is 0 Å². The number of unbranched alkanes of at least 4 members (excludes halogenated alkanes) is 1. The second-order valence-corrected chi connectivity index (χ2v) is 6.82. The fraction of sp³-hybridized carbons (Fsp3) is 0.312. The summed E-state index contributed by atoms with van der Waals surface area (Å²) in [5.41, 5.74) is 0.707. The minimum atomic E-state index is -3.44. The molecule has 0 bridgehead atoms. The van der Waals surface area contributed by atoms with E-state index in [9.17, 15) is 13.2 Å². The summed E-state index contributed by atoms with van der Waals surface area (Å²) in [6.07, 6.45) is 9.15. The third kappa shape index (κ3) is 5.35. The van der Waals surface area contributed by atoms with E-state index in [0.717, 1.165) is 4.31 Å². The Morgan fingerprint density at radius 2 is 1.95 bits per heavy atom. The van der Waals surface area contributed by atoms with Crippen LogP contribution in [-0.4, -0.2) is 39.4 Å². The third-order valence-corrected chi connectivity index (χ3v) is 4.61. The number of terminal acetylenes is 1. The minimum Gasteiger partial charge on any atom is -0.462 e. The zero-order chi connectivity index (χ0) is 16.6. The molecule has 0 aliphatic heterocycles. The highest BCUT2D eigenvalue weighted by atomic mass is 32.2. The Kier molecular flexibility index (Phi) is 6.83. The van der Waals surface area contributed by atoms with Crippen molar-refractivity contribution in [3.8, 4) is 12.3 Å². The van der Waals surface area contributed by atoms with Crippen molar-refractivity contribution in [1.82, 2.24) is 4.31 Å². The number of benzene rings is 1. The number of nitrogens with zero attached hydrogens (tertiary/aromatic N) is 1. The normalized spacial score (nSPS) is 11.5. The molecular formula is C16H19NO4S. The molecule has 22 heavy (non-hydrogen) atoms. The van der Waals surface area contributed by atoms with Crippen LogP contribution in [0.5, 0.6) is 0 Å². The van der Waals surface area contributed by atoms with E-state index in [4.69, 9.17) is 11.2 Å². The van der Waals surface area contributed by atoms with Gasteiger partial charge in [0.1, 0.15) is 0 Å². The molecule has 5 nitrogen and oxygen atoms in total. The SMILES string of the molecule is C#CCCCOC(=O)/C=C/c1ccc(S(=O)(=O)N(C)C)cc1. The molecule has 0 atom stereocenters. The Balaban J connectivity index is 2.63. The van der Waals surface area contributed by atoms with Gasteiger partial charge in [-0.1, -0.05) is 12.1 Å². The van der Waals surface area contributed by atoms with Gasteiger partial charge in [0.25, 0.3) is 0 Å². The number of rotatable bonds is 7. The van der Waals surface area contributed by atoms with E-state index in [1.165, 1.54) is 32.3 Å². The molecule has 1 aromatic rings. The fourth-order valence-electron chi connectivity index (χ4n) is 1.52. The Hall–Kier alpha value is -2.10. The molecule has 118 valence electrons. The predicted octanol–water partition coefficient (Wildman–Crippen LogP) is 1.91. The molecule has 0 heterocycles. The lowest BCUT2D eigenvalue weighted by atomic mass is 10.2. The number of carbonyl (C=O) groups excluding carboxylic acids is 1. The summed E-state index contributed by atoms with van der Waals surface area (Å²) in [6.45, 7) is 0.285. The maximum Gasteiger partial charge on any atom is 0.330 e. The van der Waals surface area contributed by atoms with Crippen LogP contribution in [0.1, 0.15) is 18.4 Å². The molecule has 0 radical (unpaired) electrons. The van der Waals surface area contributed by atoms with Crippen LogP contribution in [0.4, 0.5) is 0 Å². The summed E-state index contributed by atoms with van der Waals surface area (Å²) in [6, 6.07) is 6.23. The van der Waals surface area contributed by atoms with E-state index in [0.29, 0.717) is 18.4 Å². The van der Waals surface area contributed by atoms with Gasteiger partial charge in [-0.15, -0.1) is 12.3 Å². The second kappa shape index (κ2) is 8.37. The highest BCUT2D eigenvalue weighted by molar-refractivity contribution is 7.89. The monoisotopic (exact) mass is 321 g/mol. The smallest absolute Gasteiger partial charge is 0.330 e. The van der Waals surface area contributed by atoms with E-state index in [1.54, 1.807) is 18.2 Å². The van der Waals surface area contributed by atoms with E-state index in [-0.39, 0.29) is 11.5 Å². The average Bonchev–Trinajstić information content (AvgIpc) is 2.50. The Bertz CT molecular complexity index is 667. The molecule has 0 saturated carbocycles. The molecule has 0 saturated heterocycles. The molecular weight excluding hydrogens is 302 g/mol. The van der Waals surface area contributed by atoms with E-state index < -0.39 is 16.0 Å². The summed E-state index contributed by atoms with van der Waals surface area (Å²) in [4.78, 5) is 11.6. The summed E-state index contributed by atoms with van der Waals surface area (Å²) in [5.74, 6) is 2.01. The lowest BCUT2D eigenvalue weighted by Gasteiger charge is -2.11. The van der Waals surface area contributed by atoms with Gasteiger partial charge in [0.05, 0.1) is 11.5 Å². The lowest BCUT2D eigenvalue weighted by Crippen LogP contribution is -2.22. The quantitative estimate of drug-likeness (QED) is 0.333. The number of sulfonamides is 1. The topological polar surface area (TPSA) is 63.7 Å². The first-order valence-electron chi connectivity index (χ1n) is 6.69. The highest BCUT2D eigenvalue weighted by Gasteiger charge is 2.16. The summed E-state index contributed by atoms with van der Waals surface area (Å²) in [5, 5.41) is 0. The van der Waals surface area contributed by atoms with Crippen LogP contribution >= 0.6 is 0 Å². The first-order valence-corrected chi connectivity index (χ1v) is 8.13. The first kappa shape index (κ1) is 18.0. The van der Waals surface area contributed by atoms with Gasteiger partial charge in [-0.2, -0.15) is 0 Å². The Labute approximate surface area is 131 Å². The van der Waals surface area contributed by atoms with Crippen LogP contribution in [-0.2, 0) is 19.6 Å². The van der Waals surface area contributed by atoms with Crippen molar-refractivity contribution >= 4 is 22.1 Å². The predicted molar refractivity (Wildman–Crippen MR) is 85.4 cm³/mol. The lowest BCUT2D eigenvalue weighted by molar-refractivity contribution is -0.137. The summed E-state index contributed by atoms with van der Waals surface area (Å²) >= 11 is 0. The van der Waals surface area contributed by atoms with Crippen LogP contribution in [0.25, 0.3) is 6.08 Å². The number of esters is 1. The van der Waals surface area contributed by atoms with E-state index in [1.807, 2.05) is 0 Å². The van der Waals surface area contributed by atoms with Crippen molar-refractivity contribution in [3.05, 3.63) is 35.9 Å². The van der Waals surface area contributed by atoms with Crippen LogP contribution in [0, 0.1) is 12.3 Å². The van der Waals surface area contributed by atoms with Gasteiger partial charge in [0, 0.05) is 26.6 Å². The minimum absolute atomic E-state index is 0.200. The Morgan fingerprint density at radius 1 is 1.32 bits per heavy atom. The number of hydrogen-bond donors (Lipinski definition) is 0. The number of carbonyl (C=O) groups is 1. The van der Waals surface area contributed by atoms with E-state index in [2.05, 4.69) is 5.92 Å². The standard InChI is InChI=1S/C16H19NO4S/c1-4-5-6-13-21-16(18)12-9-14-7-10-15(11-8-14)22(19,20)17(2)3/h1,7-12H,5-6,13H2,2-3H3/b12-9+. The number of ether oxygens (including phenoxy) is 1. The maximum atomic E-state index is 11.9. The molecule has 0 aliphatic rings. The van der Waals surface area contributed by atoms with Crippen LogP contribution in [0.15, 0.2) is 35.2 Å². The van der Waals surface area contributed by atoms with Gasteiger partial charge in [-0.05, 0) is 30.2 Å². The largest absolute Gasteiger partial charge is 0.462 e. The molecule has 1 rings (SSSR count). The molecule has 0 aliphatic carbocycles. The van der Waals surface area contributed by atoms with Crippen LogP contribution < -0.4 is 0 Å². The van der Waals surface area contributed by atoms with Crippen molar-refractivity contribution in [2.45, 2.75) is 17.7 Å². The Morgan fingerprint density at radius 3 is 2.50 bits per heavy atom. The molecule has 0 spiro atoms. The molecule has 6 heteroatoms. The molecule has 0 amide bonds. The second-order valence-electron chi connectivity index (χ2n) is 4.66. The third-order valence-electron chi connectivity index (χ3n) is 2.78. The van der Waals surface area contributed by atoms with Crippen molar-refractivity contribution in [2.24, 2.45) is 0 Å². The van der Waals surface area contributed by atoms with Crippen LogP contribution in [0.3, 0.4) is 0 Å². The summed E-state index contributed by atoms with van der Waals surface area (Å²) in [7, 11) is -0.498. The zero-order valence-corrected chi connectivity index (χ0v) is 13.5. The van der Waals surface area contributed by atoms with Gasteiger partial charge in [-0.25, -0.2) is 17.5 Å². The van der Waals surface area contributed by atoms with Crippen molar-refractivity contribution in [2.75, 3.05) is 20.7 Å².